The van der Waals surface area contributed by atoms with E-state index in [9.17, 15) is 9.59 Å². The maximum atomic E-state index is 12.6. The predicted molar refractivity (Wildman–Crippen MR) is 82.8 cm³/mol. The van der Waals surface area contributed by atoms with Crippen molar-refractivity contribution in [3.63, 3.8) is 0 Å². The Balaban J connectivity index is 1.86. The second-order valence-electron chi connectivity index (χ2n) is 5.74. The first kappa shape index (κ1) is 14.6. The Bertz CT molecular complexity index is 620. The van der Waals surface area contributed by atoms with Crippen LogP contribution in [-0.2, 0) is 11.2 Å². The molecule has 1 aromatic rings. The molecule has 0 spiro atoms. The molecule has 6 heteroatoms. The molecule has 3 rings (SSSR count). The van der Waals surface area contributed by atoms with Gasteiger partial charge in [0.2, 0.25) is 5.91 Å². The van der Waals surface area contributed by atoms with E-state index in [1.165, 1.54) is 0 Å². The summed E-state index contributed by atoms with van der Waals surface area (Å²) in [6.45, 7) is 5.61. The summed E-state index contributed by atoms with van der Waals surface area (Å²) >= 11 is 1.59. The van der Waals surface area contributed by atoms with Crippen LogP contribution < -0.4 is 5.56 Å². The van der Waals surface area contributed by atoms with Gasteiger partial charge in [-0.05, 0) is 26.2 Å². The molecule has 0 aromatic carbocycles. The van der Waals surface area contributed by atoms with Crippen LogP contribution in [0.5, 0.6) is 0 Å². The SMILES string of the molecule is CCc1c(C)nc2n(c1=O)C(CC(=O)N1CCCC1)CS2. The Labute approximate surface area is 128 Å². The lowest BCUT2D eigenvalue weighted by atomic mass is 10.1. The van der Waals surface area contributed by atoms with Gasteiger partial charge in [0.25, 0.3) is 5.56 Å². The van der Waals surface area contributed by atoms with Crippen LogP contribution in [0.3, 0.4) is 0 Å². The van der Waals surface area contributed by atoms with Gasteiger partial charge in [-0.15, -0.1) is 0 Å². The Kier molecular flexibility index (Phi) is 4.06. The molecular formula is C15H21N3O2S. The molecule has 0 saturated carbocycles. The molecule has 21 heavy (non-hydrogen) atoms. The zero-order chi connectivity index (χ0) is 15.0. The van der Waals surface area contributed by atoms with Gasteiger partial charge in [-0.1, -0.05) is 18.7 Å². The van der Waals surface area contributed by atoms with Gasteiger partial charge in [-0.2, -0.15) is 0 Å². The van der Waals surface area contributed by atoms with Crippen LogP contribution >= 0.6 is 11.8 Å². The van der Waals surface area contributed by atoms with E-state index in [0.717, 1.165) is 48.1 Å². The summed E-state index contributed by atoms with van der Waals surface area (Å²) in [6.07, 6.45) is 3.31. The molecule has 0 N–H and O–H groups in total. The van der Waals surface area contributed by atoms with Gasteiger partial charge in [0.15, 0.2) is 5.16 Å². The topological polar surface area (TPSA) is 55.2 Å². The fourth-order valence-electron chi connectivity index (χ4n) is 3.18. The predicted octanol–water partition coefficient (Wildman–Crippen LogP) is 1.77. The van der Waals surface area contributed by atoms with Crippen molar-refractivity contribution in [1.82, 2.24) is 14.5 Å². The number of likely N-dealkylation sites (tertiary alicyclic amines) is 1. The van der Waals surface area contributed by atoms with Crippen LogP contribution in [0.2, 0.25) is 0 Å². The standard InChI is InChI=1S/C15H21N3O2S/c1-3-12-10(2)16-15-18(14(12)20)11(9-21-15)8-13(19)17-6-4-5-7-17/h11H,3-9H2,1-2H3. The highest BCUT2D eigenvalue weighted by Crippen LogP contribution is 2.33. The van der Waals surface area contributed by atoms with Crippen LogP contribution in [0.15, 0.2) is 9.95 Å². The quantitative estimate of drug-likeness (QED) is 0.799. The summed E-state index contributed by atoms with van der Waals surface area (Å²) in [4.78, 5) is 31.4. The number of hydrogen-bond donors (Lipinski definition) is 0. The van der Waals surface area contributed by atoms with E-state index in [0.29, 0.717) is 12.8 Å². The van der Waals surface area contributed by atoms with E-state index < -0.39 is 0 Å². The number of aromatic nitrogens is 2. The second kappa shape index (κ2) is 5.83. The maximum absolute atomic E-state index is 12.6. The van der Waals surface area contributed by atoms with Gasteiger partial charge < -0.3 is 4.90 Å². The van der Waals surface area contributed by atoms with Gasteiger partial charge in [-0.25, -0.2) is 4.98 Å². The molecule has 1 atom stereocenters. The third-order valence-corrected chi connectivity index (χ3v) is 5.47. The molecule has 1 unspecified atom stereocenters. The zero-order valence-electron chi connectivity index (χ0n) is 12.6. The first-order valence-electron chi connectivity index (χ1n) is 7.64. The molecule has 1 saturated heterocycles. The third kappa shape index (κ3) is 2.61. The smallest absolute Gasteiger partial charge is 0.257 e. The van der Waals surface area contributed by atoms with E-state index in [4.69, 9.17) is 0 Å². The largest absolute Gasteiger partial charge is 0.343 e. The molecule has 3 heterocycles. The number of amides is 1. The molecular weight excluding hydrogens is 286 g/mol. The van der Waals surface area contributed by atoms with Crippen molar-refractivity contribution in [2.24, 2.45) is 0 Å². The van der Waals surface area contributed by atoms with Crippen molar-refractivity contribution in [2.75, 3.05) is 18.8 Å². The average Bonchev–Trinajstić information content (AvgIpc) is 3.09. The lowest BCUT2D eigenvalue weighted by Crippen LogP contribution is -2.34. The number of aryl methyl sites for hydroxylation is 1. The zero-order valence-corrected chi connectivity index (χ0v) is 13.4. The van der Waals surface area contributed by atoms with Gasteiger partial charge >= 0.3 is 0 Å². The highest BCUT2D eigenvalue weighted by molar-refractivity contribution is 7.99. The molecule has 1 fully saturated rings. The van der Waals surface area contributed by atoms with Gasteiger partial charge in [0.05, 0.1) is 6.04 Å². The number of nitrogens with zero attached hydrogens (tertiary/aromatic N) is 3. The molecule has 0 bridgehead atoms. The number of carbonyl (C=O) groups is 1. The fraction of sp³-hybridized carbons (Fsp3) is 0.667. The van der Waals surface area contributed by atoms with Crippen molar-refractivity contribution in [3.8, 4) is 0 Å². The van der Waals surface area contributed by atoms with Crippen LogP contribution in [0, 0.1) is 6.92 Å². The van der Waals surface area contributed by atoms with Crippen LogP contribution in [0.4, 0.5) is 0 Å². The Morgan fingerprint density at radius 1 is 1.38 bits per heavy atom. The lowest BCUT2D eigenvalue weighted by Gasteiger charge is -2.19. The van der Waals surface area contributed by atoms with E-state index in [-0.39, 0.29) is 17.5 Å². The fourth-order valence-corrected chi connectivity index (χ4v) is 4.36. The van der Waals surface area contributed by atoms with Gasteiger partial charge in [0, 0.05) is 36.5 Å². The number of carbonyl (C=O) groups excluding carboxylic acids is 1. The number of rotatable bonds is 3. The first-order chi connectivity index (χ1) is 10.1. The van der Waals surface area contributed by atoms with E-state index in [1.807, 2.05) is 18.7 Å². The minimum absolute atomic E-state index is 0.0380. The molecule has 1 amide bonds. The normalized spacial score (nSPS) is 20.9. The van der Waals surface area contributed by atoms with Crippen molar-refractivity contribution < 1.29 is 4.79 Å². The summed E-state index contributed by atoms with van der Waals surface area (Å²) in [5.41, 5.74) is 1.65. The highest BCUT2D eigenvalue weighted by Gasteiger charge is 2.30. The number of thioether (sulfide) groups is 1. The first-order valence-corrected chi connectivity index (χ1v) is 8.63. The Morgan fingerprint density at radius 2 is 2.10 bits per heavy atom. The minimum Gasteiger partial charge on any atom is -0.343 e. The molecule has 0 radical (unpaired) electrons. The van der Waals surface area contributed by atoms with Crippen molar-refractivity contribution in [1.29, 1.82) is 0 Å². The summed E-state index contributed by atoms with van der Waals surface area (Å²) in [6, 6.07) is -0.0380. The summed E-state index contributed by atoms with van der Waals surface area (Å²) in [7, 11) is 0. The van der Waals surface area contributed by atoms with Crippen LogP contribution in [0.25, 0.3) is 0 Å². The molecule has 5 nitrogen and oxygen atoms in total. The van der Waals surface area contributed by atoms with Crippen LogP contribution in [-0.4, -0.2) is 39.2 Å². The summed E-state index contributed by atoms with van der Waals surface area (Å²) in [5, 5.41) is 0.772. The molecule has 1 aromatic heterocycles. The van der Waals surface area contributed by atoms with Gasteiger partial charge in [-0.3, -0.25) is 14.2 Å². The average molecular weight is 307 g/mol. The van der Waals surface area contributed by atoms with Crippen molar-refractivity contribution >= 4 is 17.7 Å². The summed E-state index contributed by atoms with van der Waals surface area (Å²) < 4.78 is 1.75. The monoisotopic (exact) mass is 307 g/mol. The number of fused-ring (bicyclic) bond motifs is 1. The van der Waals surface area contributed by atoms with E-state index in [2.05, 4.69) is 4.98 Å². The molecule has 0 aliphatic carbocycles. The minimum atomic E-state index is -0.0380. The van der Waals surface area contributed by atoms with Crippen LogP contribution in [0.1, 0.15) is 43.5 Å². The van der Waals surface area contributed by atoms with E-state index >= 15 is 0 Å². The maximum Gasteiger partial charge on any atom is 0.257 e. The highest BCUT2D eigenvalue weighted by atomic mass is 32.2. The lowest BCUT2D eigenvalue weighted by molar-refractivity contribution is -0.130. The Hall–Kier alpha value is -1.30. The second-order valence-corrected chi connectivity index (χ2v) is 6.73. The number of hydrogen-bond acceptors (Lipinski definition) is 4. The molecule has 2 aliphatic heterocycles. The molecule has 2 aliphatic rings. The van der Waals surface area contributed by atoms with Crippen molar-refractivity contribution in [2.45, 2.75) is 50.7 Å². The third-order valence-electron chi connectivity index (χ3n) is 4.38. The van der Waals surface area contributed by atoms with Crippen molar-refractivity contribution in [3.05, 3.63) is 21.6 Å². The molecule has 114 valence electrons. The summed E-state index contributed by atoms with van der Waals surface area (Å²) in [5.74, 6) is 0.950. The van der Waals surface area contributed by atoms with Gasteiger partial charge in [0.1, 0.15) is 0 Å². The van der Waals surface area contributed by atoms with E-state index in [1.54, 1.807) is 16.3 Å². The Morgan fingerprint density at radius 3 is 2.76 bits per heavy atom.